The Morgan fingerprint density at radius 1 is 0.964 bits per heavy atom. The number of aryl methyl sites for hydroxylation is 1. The van der Waals surface area contributed by atoms with Crippen LogP contribution in [0.1, 0.15) is 67.3 Å². The Kier molecular flexibility index (Phi) is 11.3. The molecule has 0 aliphatic carbocycles. The maximum absolute atomic E-state index is 14.2. The molecule has 3 saturated heterocycles. The van der Waals surface area contributed by atoms with Crippen molar-refractivity contribution in [2.75, 3.05) is 43.5 Å². The average Bonchev–Trinajstić information content (AvgIpc) is 3.19. The monoisotopic (exact) mass is 792 g/mol. The van der Waals surface area contributed by atoms with Crippen LogP contribution in [-0.4, -0.2) is 71.5 Å². The van der Waals surface area contributed by atoms with Gasteiger partial charge in [0.15, 0.2) is 0 Å². The standard InChI is InChI=1S/C41H44ClF3N6O5/c1-49-23-30(28-9-14-46-22-29(28)39(49)54)26-19-32(42)37(35(20-26)56-2)40(55)51-17-12-25(13-18-51)4-3-24-10-15-50(16-11-24)34-7-5-27(21-31(34)41(43,44)45)47-33-6-8-36(52)48-38(33)53/h5,7,9,14,19-25,33,47H,3-4,6,8,10-13,15-18H2,1-2H3,(H,48,52,53). The fourth-order valence-corrected chi connectivity index (χ4v) is 8.62. The van der Waals surface area contributed by atoms with Crippen LogP contribution in [0, 0.1) is 11.8 Å². The van der Waals surface area contributed by atoms with E-state index in [0.717, 1.165) is 55.5 Å². The Morgan fingerprint density at radius 3 is 2.32 bits per heavy atom. The van der Waals surface area contributed by atoms with Crippen LogP contribution in [0.15, 0.2) is 59.8 Å². The number of halogens is 4. The lowest BCUT2D eigenvalue weighted by Crippen LogP contribution is -2.47. The number of amides is 3. The first kappa shape index (κ1) is 39.1. The molecule has 3 aliphatic heterocycles. The molecule has 7 rings (SSSR count). The number of nitrogens with one attached hydrogen (secondary N) is 2. The summed E-state index contributed by atoms with van der Waals surface area (Å²) in [6.45, 7) is 2.18. The van der Waals surface area contributed by atoms with Crippen molar-refractivity contribution in [2.45, 2.75) is 63.6 Å². The number of methoxy groups -OCH3 is 1. The molecule has 11 nitrogen and oxygen atoms in total. The van der Waals surface area contributed by atoms with Gasteiger partial charge in [0, 0.05) is 75.2 Å². The third kappa shape index (κ3) is 8.21. The summed E-state index contributed by atoms with van der Waals surface area (Å²) in [4.78, 5) is 57.9. The lowest BCUT2D eigenvalue weighted by molar-refractivity contribution is -0.137. The van der Waals surface area contributed by atoms with E-state index in [1.165, 1.54) is 23.9 Å². The van der Waals surface area contributed by atoms with Crippen molar-refractivity contribution in [1.82, 2.24) is 19.8 Å². The van der Waals surface area contributed by atoms with E-state index in [-0.39, 0.29) is 46.6 Å². The molecule has 56 heavy (non-hydrogen) atoms. The highest BCUT2D eigenvalue weighted by Gasteiger charge is 2.37. The molecule has 2 aromatic carbocycles. The Labute approximate surface area is 327 Å². The quantitative estimate of drug-likeness (QED) is 0.173. The summed E-state index contributed by atoms with van der Waals surface area (Å²) in [5.74, 6) is 0.0577. The maximum Gasteiger partial charge on any atom is 0.418 e. The summed E-state index contributed by atoms with van der Waals surface area (Å²) in [7, 11) is 3.17. The molecule has 4 aromatic rings. The number of pyridine rings is 2. The van der Waals surface area contributed by atoms with Gasteiger partial charge in [-0.1, -0.05) is 24.4 Å². The fraction of sp³-hybridized carbons (Fsp3) is 0.439. The number of hydrogen-bond acceptors (Lipinski definition) is 8. The number of carbonyl (C=O) groups excluding carboxylic acids is 3. The van der Waals surface area contributed by atoms with Crippen LogP contribution in [0.3, 0.4) is 0 Å². The molecule has 0 radical (unpaired) electrons. The van der Waals surface area contributed by atoms with Crippen LogP contribution < -0.4 is 25.8 Å². The van der Waals surface area contributed by atoms with Gasteiger partial charge in [0.2, 0.25) is 11.8 Å². The molecule has 3 fully saturated rings. The third-order valence-corrected chi connectivity index (χ3v) is 11.8. The van der Waals surface area contributed by atoms with Crippen LogP contribution in [-0.2, 0) is 22.8 Å². The first-order valence-electron chi connectivity index (χ1n) is 19.0. The van der Waals surface area contributed by atoms with E-state index >= 15 is 0 Å². The van der Waals surface area contributed by atoms with Crippen molar-refractivity contribution < 1.29 is 32.3 Å². The molecule has 1 unspecified atom stereocenters. The number of imide groups is 1. The van der Waals surface area contributed by atoms with Crippen molar-refractivity contribution >= 4 is 51.5 Å². The lowest BCUT2D eigenvalue weighted by Gasteiger charge is -2.37. The van der Waals surface area contributed by atoms with E-state index in [0.29, 0.717) is 60.3 Å². The Bertz CT molecular complexity index is 2210. The summed E-state index contributed by atoms with van der Waals surface area (Å²) in [6.07, 6.45) is 5.88. The van der Waals surface area contributed by atoms with Crippen molar-refractivity contribution in [1.29, 1.82) is 0 Å². The highest BCUT2D eigenvalue weighted by molar-refractivity contribution is 6.34. The molecule has 2 N–H and O–H groups in total. The van der Waals surface area contributed by atoms with Crippen molar-refractivity contribution in [3.05, 3.63) is 81.5 Å². The SMILES string of the molecule is COc1cc(-c2cn(C)c(=O)c3cnccc23)cc(Cl)c1C(=O)N1CCC(CCC2CCN(c3ccc(NC4CCC(=O)NC4=O)cc3C(F)(F)F)CC2)CC1. The normalized spacial score (nSPS) is 18.6. The largest absolute Gasteiger partial charge is 0.496 e. The summed E-state index contributed by atoms with van der Waals surface area (Å²) in [5.41, 5.74) is 1.16. The van der Waals surface area contributed by atoms with Gasteiger partial charge in [-0.25, -0.2) is 0 Å². The molecule has 1 atom stereocenters. The van der Waals surface area contributed by atoms with Gasteiger partial charge in [-0.15, -0.1) is 0 Å². The second kappa shape index (κ2) is 16.2. The number of anilines is 2. The van der Waals surface area contributed by atoms with Gasteiger partial charge in [-0.3, -0.25) is 29.5 Å². The molecule has 296 valence electrons. The summed E-state index contributed by atoms with van der Waals surface area (Å²) in [6, 6.07) is 8.59. The Morgan fingerprint density at radius 2 is 1.66 bits per heavy atom. The Hall–Kier alpha value is -5.11. The van der Waals surface area contributed by atoms with Crippen LogP contribution in [0.25, 0.3) is 21.9 Å². The van der Waals surface area contributed by atoms with E-state index in [4.69, 9.17) is 16.3 Å². The van der Waals surface area contributed by atoms with Gasteiger partial charge in [0.1, 0.15) is 17.4 Å². The van der Waals surface area contributed by atoms with Crippen LogP contribution in [0.5, 0.6) is 5.75 Å². The fourth-order valence-electron chi connectivity index (χ4n) is 8.32. The van der Waals surface area contributed by atoms with Crippen molar-refractivity contribution in [2.24, 2.45) is 18.9 Å². The minimum Gasteiger partial charge on any atom is -0.496 e. The van der Waals surface area contributed by atoms with Gasteiger partial charge in [-0.05, 0) is 91.3 Å². The highest BCUT2D eigenvalue weighted by atomic mass is 35.5. The number of alkyl halides is 3. The zero-order valence-corrected chi connectivity index (χ0v) is 32.0. The number of carbonyl (C=O) groups is 3. The number of benzene rings is 2. The molecule has 0 bridgehead atoms. The maximum atomic E-state index is 14.2. The number of fused-ring (bicyclic) bond motifs is 1. The lowest BCUT2D eigenvalue weighted by atomic mass is 9.85. The number of piperidine rings is 3. The average molecular weight is 793 g/mol. The molecule has 15 heteroatoms. The number of hydrogen-bond donors (Lipinski definition) is 2. The van der Waals surface area contributed by atoms with Crippen LogP contribution in [0.2, 0.25) is 5.02 Å². The van der Waals surface area contributed by atoms with Crippen LogP contribution >= 0.6 is 11.6 Å². The molecule has 0 spiro atoms. The highest BCUT2D eigenvalue weighted by Crippen LogP contribution is 2.41. The number of ether oxygens (including phenoxy) is 1. The van der Waals surface area contributed by atoms with E-state index < -0.39 is 23.7 Å². The van der Waals surface area contributed by atoms with E-state index in [1.54, 1.807) is 48.6 Å². The minimum atomic E-state index is -4.58. The zero-order valence-electron chi connectivity index (χ0n) is 31.3. The summed E-state index contributed by atoms with van der Waals surface area (Å²) in [5, 5.41) is 6.53. The second-order valence-electron chi connectivity index (χ2n) is 15.0. The Balaban J connectivity index is 0.927. The molecule has 3 amide bonds. The van der Waals surface area contributed by atoms with E-state index in [1.807, 2.05) is 4.90 Å². The van der Waals surface area contributed by atoms with Gasteiger partial charge in [0.05, 0.1) is 23.1 Å². The van der Waals surface area contributed by atoms with E-state index in [9.17, 15) is 32.3 Å². The molecule has 0 saturated carbocycles. The zero-order chi connectivity index (χ0) is 39.7. The topological polar surface area (TPSA) is 126 Å². The van der Waals surface area contributed by atoms with Crippen molar-refractivity contribution in [3.63, 3.8) is 0 Å². The third-order valence-electron chi connectivity index (χ3n) is 11.5. The molecule has 3 aliphatic rings. The van der Waals surface area contributed by atoms with Gasteiger partial charge >= 0.3 is 6.18 Å². The predicted octanol–water partition coefficient (Wildman–Crippen LogP) is 7.05. The molecule has 5 heterocycles. The van der Waals surface area contributed by atoms with Crippen LogP contribution in [0.4, 0.5) is 24.5 Å². The molecular formula is C41H44ClF3N6O5. The summed E-state index contributed by atoms with van der Waals surface area (Å²) >= 11 is 6.80. The number of rotatable bonds is 9. The smallest absolute Gasteiger partial charge is 0.418 e. The first-order chi connectivity index (χ1) is 26.8. The molecule has 2 aromatic heterocycles. The summed E-state index contributed by atoms with van der Waals surface area (Å²) < 4.78 is 49.9. The predicted molar refractivity (Wildman–Crippen MR) is 208 cm³/mol. The van der Waals surface area contributed by atoms with Gasteiger partial charge in [0.25, 0.3) is 11.5 Å². The number of aromatic nitrogens is 2. The first-order valence-corrected chi connectivity index (χ1v) is 19.4. The second-order valence-corrected chi connectivity index (χ2v) is 15.4. The molecular weight excluding hydrogens is 749 g/mol. The van der Waals surface area contributed by atoms with Crippen molar-refractivity contribution in [3.8, 4) is 16.9 Å². The van der Waals surface area contributed by atoms with Gasteiger partial charge < -0.3 is 24.4 Å². The van der Waals surface area contributed by atoms with E-state index in [2.05, 4.69) is 15.6 Å². The van der Waals surface area contributed by atoms with Gasteiger partial charge in [-0.2, -0.15) is 13.2 Å². The number of nitrogens with zero attached hydrogens (tertiary/aromatic N) is 4. The number of likely N-dealkylation sites (tertiary alicyclic amines) is 1. The minimum absolute atomic E-state index is 0.126.